The number of amides is 2. The van der Waals surface area contributed by atoms with Crippen molar-refractivity contribution in [3.8, 4) is 0 Å². The van der Waals surface area contributed by atoms with E-state index in [1.165, 1.54) is 0 Å². The molecular formula is C22H26N4O2. The molecule has 0 unspecified atom stereocenters. The highest BCUT2D eigenvalue weighted by atomic mass is 16.2. The van der Waals surface area contributed by atoms with E-state index in [0.717, 1.165) is 33.4 Å². The van der Waals surface area contributed by atoms with Crippen molar-refractivity contribution in [2.75, 3.05) is 0 Å². The molecule has 0 aliphatic carbocycles. The highest BCUT2D eigenvalue weighted by Gasteiger charge is 2.13. The topological polar surface area (TPSA) is 82.9 Å². The van der Waals surface area contributed by atoms with E-state index in [4.69, 9.17) is 0 Å². The number of carbonyl (C=O) groups is 2. The number of benzene rings is 2. The number of aryl methyl sites for hydroxylation is 4. The van der Waals surface area contributed by atoms with Crippen LogP contribution in [-0.2, 0) is 9.59 Å². The molecule has 0 bridgehead atoms. The first-order valence-electron chi connectivity index (χ1n) is 9.03. The summed E-state index contributed by atoms with van der Waals surface area (Å²) < 4.78 is 0. The SMILES string of the molecule is C/C(=N\NC(=O)C(=O)N/N=C(\C)c1ccc(C)cc1C)c1ccc(C)cc1C. The number of hydrazone groups is 2. The molecule has 0 spiro atoms. The average Bonchev–Trinajstić information content (AvgIpc) is 2.63. The van der Waals surface area contributed by atoms with Crippen LogP contribution in [0.4, 0.5) is 0 Å². The van der Waals surface area contributed by atoms with Gasteiger partial charge in [-0.15, -0.1) is 0 Å². The minimum absolute atomic E-state index is 0.619. The maximum absolute atomic E-state index is 12.0. The van der Waals surface area contributed by atoms with E-state index in [1.54, 1.807) is 13.8 Å². The molecule has 0 aliphatic rings. The molecule has 0 fully saturated rings. The first-order chi connectivity index (χ1) is 13.2. The van der Waals surface area contributed by atoms with Crippen LogP contribution in [0.3, 0.4) is 0 Å². The molecule has 2 amide bonds. The van der Waals surface area contributed by atoms with Crippen LogP contribution in [0, 0.1) is 27.7 Å². The van der Waals surface area contributed by atoms with Crippen LogP contribution in [0.2, 0.25) is 0 Å². The van der Waals surface area contributed by atoms with Gasteiger partial charge in [-0.3, -0.25) is 9.59 Å². The fraction of sp³-hybridized carbons (Fsp3) is 0.273. The van der Waals surface area contributed by atoms with E-state index < -0.39 is 11.8 Å². The molecule has 0 saturated heterocycles. The summed E-state index contributed by atoms with van der Waals surface area (Å²) in [5.74, 6) is -1.75. The third kappa shape index (κ3) is 5.36. The summed E-state index contributed by atoms with van der Waals surface area (Å²) >= 11 is 0. The zero-order chi connectivity index (χ0) is 20.8. The van der Waals surface area contributed by atoms with Gasteiger partial charge in [0.2, 0.25) is 0 Å². The van der Waals surface area contributed by atoms with Crippen molar-refractivity contribution in [2.45, 2.75) is 41.5 Å². The molecule has 0 aliphatic heterocycles. The predicted molar refractivity (Wildman–Crippen MR) is 113 cm³/mol. The Morgan fingerprint density at radius 1 is 0.679 bits per heavy atom. The number of hydrogen-bond acceptors (Lipinski definition) is 4. The van der Waals surface area contributed by atoms with Crippen LogP contribution >= 0.6 is 0 Å². The van der Waals surface area contributed by atoms with Crippen molar-refractivity contribution >= 4 is 23.2 Å². The molecule has 2 N–H and O–H groups in total. The Bertz CT molecular complexity index is 895. The predicted octanol–water partition coefficient (Wildman–Crippen LogP) is 3.30. The lowest BCUT2D eigenvalue weighted by molar-refractivity contribution is -0.139. The Labute approximate surface area is 165 Å². The largest absolute Gasteiger partial charge is 0.331 e. The van der Waals surface area contributed by atoms with Gasteiger partial charge in [-0.2, -0.15) is 10.2 Å². The van der Waals surface area contributed by atoms with Gasteiger partial charge in [-0.25, -0.2) is 10.9 Å². The molecule has 2 rings (SSSR count). The summed E-state index contributed by atoms with van der Waals surface area (Å²) in [6.45, 7) is 11.5. The molecule has 0 saturated carbocycles. The van der Waals surface area contributed by atoms with Gasteiger partial charge >= 0.3 is 11.8 Å². The molecule has 0 atom stereocenters. The normalized spacial score (nSPS) is 11.9. The van der Waals surface area contributed by atoms with Crippen molar-refractivity contribution in [2.24, 2.45) is 10.2 Å². The Balaban J connectivity index is 2.01. The summed E-state index contributed by atoms with van der Waals surface area (Å²) in [6.07, 6.45) is 0. The minimum atomic E-state index is -0.874. The number of carbonyl (C=O) groups excluding carboxylic acids is 2. The lowest BCUT2D eigenvalue weighted by Crippen LogP contribution is -2.36. The zero-order valence-corrected chi connectivity index (χ0v) is 17.2. The third-order valence-electron chi connectivity index (χ3n) is 4.40. The van der Waals surface area contributed by atoms with E-state index in [0.29, 0.717) is 11.4 Å². The number of nitrogens with zero attached hydrogens (tertiary/aromatic N) is 2. The van der Waals surface area contributed by atoms with Gasteiger partial charge in [0.15, 0.2) is 0 Å². The summed E-state index contributed by atoms with van der Waals surface area (Å²) in [5.41, 5.74) is 12.0. The molecule has 0 aromatic heterocycles. The third-order valence-corrected chi connectivity index (χ3v) is 4.40. The first-order valence-corrected chi connectivity index (χ1v) is 9.03. The Kier molecular flexibility index (Phi) is 6.82. The summed E-state index contributed by atoms with van der Waals surface area (Å²) in [7, 11) is 0. The second-order valence-corrected chi connectivity index (χ2v) is 6.91. The molecule has 6 heteroatoms. The van der Waals surface area contributed by atoms with Gasteiger partial charge in [-0.05, 0) is 52.7 Å². The van der Waals surface area contributed by atoms with Crippen LogP contribution < -0.4 is 10.9 Å². The molecule has 28 heavy (non-hydrogen) atoms. The molecule has 146 valence electrons. The Morgan fingerprint density at radius 3 is 1.36 bits per heavy atom. The lowest BCUT2D eigenvalue weighted by Gasteiger charge is -2.08. The van der Waals surface area contributed by atoms with Crippen molar-refractivity contribution in [1.82, 2.24) is 10.9 Å². The maximum Gasteiger partial charge on any atom is 0.331 e. The standard InChI is InChI=1S/C22H26N4O2/c1-13-7-9-19(15(3)11-13)17(5)23-25-21(27)22(28)26-24-18(6)20-10-8-14(2)12-16(20)4/h7-12H,1-6H3,(H,25,27)(H,26,28)/b23-17+,24-18+. The smallest absolute Gasteiger partial charge is 0.262 e. The fourth-order valence-electron chi connectivity index (χ4n) is 2.93. The highest BCUT2D eigenvalue weighted by Crippen LogP contribution is 2.12. The van der Waals surface area contributed by atoms with Crippen LogP contribution in [0.1, 0.15) is 47.2 Å². The van der Waals surface area contributed by atoms with Crippen molar-refractivity contribution < 1.29 is 9.59 Å². The quantitative estimate of drug-likeness (QED) is 0.486. The van der Waals surface area contributed by atoms with E-state index in [9.17, 15) is 9.59 Å². The molecule has 2 aromatic carbocycles. The fourth-order valence-corrected chi connectivity index (χ4v) is 2.93. The van der Waals surface area contributed by atoms with Crippen LogP contribution in [0.15, 0.2) is 46.6 Å². The number of nitrogens with one attached hydrogen (secondary N) is 2. The van der Waals surface area contributed by atoms with E-state index in [2.05, 4.69) is 21.1 Å². The molecular weight excluding hydrogens is 352 g/mol. The zero-order valence-electron chi connectivity index (χ0n) is 17.2. The minimum Gasteiger partial charge on any atom is -0.262 e. The van der Waals surface area contributed by atoms with Crippen molar-refractivity contribution in [3.05, 3.63) is 69.8 Å². The Hall–Kier alpha value is -3.28. The molecule has 6 nitrogen and oxygen atoms in total. The van der Waals surface area contributed by atoms with Gasteiger partial charge in [0.05, 0.1) is 11.4 Å². The van der Waals surface area contributed by atoms with Crippen molar-refractivity contribution in [1.29, 1.82) is 0 Å². The van der Waals surface area contributed by atoms with Gasteiger partial charge in [-0.1, -0.05) is 47.5 Å². The monoisotopic (exact) mass is 378 g/mol. The second-order valence-electron chi connectivity index (χ2n) is 6.91. The summed E-state index contributed by atoms with van der Waals surface area (Å²) in [6, 6.07) is 11.9. The lowest BCUT2D eigenvalue weighted by atomic mass is 10.0. The first kappa shape index (κ1) is 21.0. The van der Waals surface area contributed by atoms with Gasteiger partial charge in [0.1, 0.15) is 0 Å². The summed E-state index contributed by atoms with van der Waals surface area (Å²) in [5, 5.41) is 8.05. The second kappa shape index (κ2) is 9.08. The van der Waals surface area contributed by atoms with E-state index >= 15 is 0 Å². The highest BCUT2D eigenvalue weighted by molar-refractivity contribution is 6.35. The van der Waals surface area contributed by atoms with Crippen LogP contribution in [0.5, 0.6) is 0 Å². The maximum atomic E-state index is 12.0. The summed E-state index contributed by atoms with van der Waals surface area (Å²) in [4.78, 5) is 24.0. The van der Waals surface area contributed by atoms with Crippen LogP contribution in [-0.4, -0.2) is 23.2 Å². The molecule has 0 heterocycles. The van der Waals surface area contributed by atoms with Crippen LogP contribution in [0.25, 0.3) is 0 Å². The van der Waals surface area contributed by atoms with E-state index in [-0.39, 0.29) is 0 Å². The van der Waals surface area contributed by atoms with Gasteiger partial charge in [0.25, 0.3) is 0 Å². The molecule has 0 radical (unpaired) electrons. The Morgan fingerprint density at radius 2 is 1.04 bits per heavy atom. The number of rotatable bonds is 4. The van der Waals surface area contributed by atoms with Gasteiger partial charge < -0.3 is 0 Å². The van der Waals surface area contributed by atoms with E-state index in [1.807, 2.05) is 64.1 Å². The average molecular weight is 378 g/mol. The van der Waals surface area contributed by atoms with Crippen molar-refractivity contribution in [3.63, 3.8) is 0 Å². The van der Waals surface area contributed by atoms with Gasteiger partial charge in [0, 0.05) is 11.1 Å². The molecule has 2 aromatic rings. The number of hydrogen-bond donors (Lipinski definition) is 2.